The van der Waals surface area contributed by atoms with Crippen molar-refractivity contribution in [3.05, 3.63) is 36.1 Å². The lowest BCUT2D eigenvalue weighted by molar-refractivity contribution is 0.0941. The van der Waals surface area contributed by atoms with E-state index in [1.165, 1.54) is 0 Å². The van der Waals surface area contributed by atoms with Crippen molar-refractivity contribution >= 4 is 16.8 Å². The van der Waals surface area contributed by atoms with E-state index >= 15 is 0 Å². The fraction of sp³-hybridized carbons (Fsp3) is 0.400. The number of carbonyl (C=O) groups is 1. The van der Waals surface area contributed by atoms with Gasteiger partial charge in [-0.05, 0) is 24.9 Å². The molecule has 1 N–H and O–H groups in total. The first-order chi connectivity index (χ1) is 9.28. The Labute approximate surface area is 111 Å². The molecule has 1 aliphatic heterocycles. The maximum atomic E-state index is 12.3. The number of aliphatic hydroxyl groups is 1. The molecule has 1 saturated heterocycles. The minimum absolute atomic E-state index is 0.0866. The molecule has 2 heterocycles. The van der Waals surface area contributed by atoms with Gasteiger partial charge in [0.25, 0.3) is 0 Å². The number of fused-ring (bicyclic) bond motifs is 1. The average molecular weight is 259 g/mol. The van der Waals surface area contributed by atoms with Crippen molar-refractivity contribution in [2.24, 2.45) is 5.92 Å². The van der Waals surface area contributed by atoms with E-state index in [1.54, 1.807) is 6.26 Å². The fourth-order valence-electron chi connectivity index (χ4n) is 2.69. The van der Waals surface area contributed by atoms with Crippen molar-refractivity contribution in [2.75, 3.05) is 26.2 Å². The van der Waals surface area contributed by atoms with Crippen LogP contribution in [0.4, 0.5) is 0 Å². The van der Waals surface area contributed by atoms with Gasteiger partial charge in [0.15, 0.2) is 5.78 Å². The van der Waals surface area contributed by atoms with Crippen molar-refractivity contribution in [2.45, 2.75) is 6.42 Å². The highest BCUT2D eigenvalue weighted by Crippen LogP contribution is 2.22. The summed E-state index contributed by atoms with van der Waals surface area (Å²) in [6, 6.07) is 7.58. The Morgan fingerprint density at radius 3 is 3.05 bits per heavy atom. The number of rotatable bonds is 4. The highest BCUT2D eigenvalue weighted by Gasteiger charge is 2.24. The molecule has 3 rings (SSSR count). The molecule has 1 aliphatic rings. The van der Waals surface area contributed by atoms with Gasteiger partial charge in [-0.15, -0.1) is 0 Å². The molecule has 0 bridgehead atoms. The van der Waals surface area contributed by atoms with Gasteiger partial charge < -0.3 is 9.52 Å². The van der Waals surface area contributed by atoms with Crippen molar-refractivity contribution in [1.82, 2.24) is 4.90 Å². The Hall–Kier alpha value is -1.65. The third-order valence-electron chi connectivity index (χ3n) is 3.78. The van der Waals surface area contributed by atoms with E-state index in [0.717, 1.165) is 30.5 Å². The van der Waals surface area contributed by atoms with E-state index in [1.807, 2.05) is 24.3 Å². The van der Waals surface area contributed by atoms with Crippen molar-refractivity contribution < 1.29 is 14.3 Å². The van der Waals surface area contributed by atoms with E-state index in [0.29, 0.717) is 18.0 Å². The van der Waals surface area contributed by atoms with Gasteiger partial charge in [0, 0.05) is 18.5 Å². The summed E-state index contributed by atoms with van der Waals surface area (Å²) in [4.78, 5) is 14.4. The number of para-hydroxylation sites is 1. The summed E-state index contributed by atoms with van der Waals surface area (Å²) in [5.41, 5.74) is 1.41. The maximum absolute atomic E-state index is 12.3. The number of furan rings is 1. The number of hydrogen-bond acceptors (Lipinski definition) is 4. The predicted molar refractivity (Wildman–Crippen MR) is 72.2 cm³/mol. The van der Waals surface area contributed by atoms with Crippen LogP contribution in [0, 0.1) is 5.92 Å². The second kappa shape index (κ2) is 5.15. The number of aliphatic hydroxyl groups excluding tert-OH is 1. The quantitative estimate of drug-likeness (QED) is 0.852. The van der Waals surface area contributed by atoms with Gasteiger partial charge in [0.05, 0.1) is 12.1 Å². The normalized spacial score (nSPS) is 20.2. The summed E-state index contributed by atoms with van der Waals surface area (Å²) in [5.74, 6) is 0.400. The summed E-state index contributed by atoms with van der Waals surface area (Å²) in [6.07, 6.45) is 2.52. The van der Waals surface area contributed by atoms with E-state index < -0.39 is 0 Å². The Morgan fingerprint density at radius 2 is 2.26 bits per heavy atom. The van der Waals surface area contributed by atoms with Crippen molar-refractivity contribution in [1.29, 1.82) is 0 Å². The number of Topliss-reactive ketones (excluding diaryl/α,β-unsaturated/α-hetero) is 1. The first-order valence-corrected chi connectivity index (χ1v) is 6.60. The fourth-order valence-corrected chi connectivity index (χ4v) is 2.69. The molecule has 1 aromatic carbocycles. The Balaban J connectivity index is 1.74. The van der Waals surface area contributed by atoms with Crippen LogP contribution < -0.4 is 0 Å². The lowest BCUT2D eigenvalue weighted by Gasteiger charge is -2.13. The molecule has 100 valence electrons. The zero-order valence-electron chi connectivity index (χ0n) is 10.7. The molecule has 4 nitrogen and oxygen atoms in total. The predicted octanol–water partition coefficient (Wildman–Crippen LogP) is 1.93. The van der Waals surface area contributed by atoms with Crippen molar-refractivity contribution in [3.8, 4) is 0 Å². The zero-order valence-corrected chi connectivity index (χ0v) is 10.7. The molecule has 0 amide bonds. The van der Waals surface area contributed by atoms with E-state index in [2.05, 4.69) is 4.90 Å². The van der Waals surface area contributed by atoms with Crippen LogP contribution in [0.25, 0.3) is 11.0 Å². The first-order valence-electron chi connectivity index (χ1n) is 6.60. The molecule has 4 heteroatoms. The summed E-state index contributed by atoms with van der Waals surface area (Å²) >= 11 is 0. The third-order valence-corrected chi connectivity index (χ3v) is 3.78. The van der Waals surface area contributed by atoms with Gasteiger partial charge in [-0.1, -0.05) is 18.2 Å². The third kappa shape index (κ3) is 2.41. The topological polar surface area (TPSA) is 53.7 Å². The Kier molecular flexibility index (Phi) is 3.36. The molecular formula is C15H17NO3. The number of benzene rings is 1. The lowest BCUT2D eigenvalue weighted by Crippen LogP contribution is -2.28. The average Bonchev–Trinajstić information content (AvgIpc) is 3.04. The van der Waals surface area contributed by atoms with Crippen LogP contribution in [-0.2, 0) is 0 Å². The summed E-state index contributed by atoms with van der Waals surface area (Å²) in [5, 5.41) is 10.00. The molecule has 0 spiro atoms. The number of carbonyl (C=O) groups excluding carboxylic acids is 1. The molecule has 0 saturated carbocycles. The molecule has 1 aromatic heterocycles. The minimum Gasteiger partial charge on any atom is -0.464 e. The standard InChI is InChI=1S/C15H17NO3/c17-9-11-5-6-16(7-11)8-14(18)13-10-19-15-4-2-1-3-12(13)15/h1-4,10-11,17H,5-9H2. The van der Waals surface area contributed by atoms with E-state index in [4.69, 9.17) is 9.52 Å². The Bertz CT molecular complexity index is 590. The molecule has 0 aliphatic carbocycles. The lowest BCUT2D eigenvalue weighted by atomic mass is 10.1. The Morgan fingerprint density at radius 1 is 1.42 bits per heavy atom. The minimum atomic E-state index is 0.0866. The monoisotopic (exact) mass is 259 g/mol. The second-order valence-electron chi connectivity index (χ2n) is 5.14. The highest BCUT2D eigenvalue weighted by molar-refractivity contribution is 6.08. The van der Waals surface area contributed by atoms with Crippen molar-refractivity contribution in [3.63, 3.8) is 0 Å². The van der Waals surface area contributed by atoms with Gasteiger partial charge in [-0.3, -0.25) is 9.69 Å². The van der Waals surface area contributed by atoms with E-state index in [-0.39, 0.29) is 12.4 Å². The molecule has 19 heavy (non-hydrogen) atoms. The maximum Gasteiger partial charge on any atom is 0.180 e. The number of nitrogens with zero attached hydrogens (tertiary/aromatic N) is 1. The summed E-state index contributed by atoms with van der Waals surface area (Å²) < 4.78 is 5.40. The highest BCUT2D eigenvalue weighted by atomic mass is 16.3. The molecule has 1 atom stereocenters. The van der Waals surface area contributed by atoms with Crippen LogP contribution in [0.1, 0.15) is 16.8 Å². The van der Waals surface area contributed by atoms with Gasteiger partial charge in [-0.2, -0.15) is 0 Å². The van der Waals surface area contributed by atoms with Gasteiger partial charge in [0.2, 0.25) is 0 Å². The van der Waals surface area contributed by atoms with E-state index in [9.17, 15) is 4.79 Å². The largest absolute Gasteiger partial charge is 0.464 e. The number of ketones is 1. The van der Waals surface area contributed by atoms with Gasteiger partial charge in [0.1, 0.15) is 11.8 Å². The summed E-state index contributed by atoms with van der Waals surface area (Å²) in [7, 11) is 0. The number of hydrogen-bond donors (Lipinski definition) is 1. The van der Waals surface area contributed by atoms with Crippen LogP contribution in [-0.4, -0.2) is 42.0 Å². The first kappa shape index (κ1) is 12.4. The number of likely N-dealkylation sites (tertiary alicyclic amines) is 1. The summed E-state index contributed by atoms with van der Waals surface area (Å²) in [6.45, 7) is 2.30. The molecule has 1 fully saturated rings. The molecule has 2 aromatic rings. The smallest absolute Gasteiger partial charge is 0.180 e. The van der Waals surface area contributed by atoms with Crippen LogP contribution in [0.2, 0.25) is 0 Å². The van der Waals surface area contributed by atoms with Crippen LogP contribution >= 0.6 is 0 Å². The van der Waals surface area contributed by atoms with Crippen LogP contribution in [0.3, 0.4) is 0 Å². The molecule has 1 unspecified atom stereocenters. The SMILES string of the molecule is O=C(CN1CCC(CO)C1)c1coc2ccccc12. The van der Waals surface area contributed by atoms with Gasteiger partial charge >= 0.3 is 0 Å². The zero-order chi connectivity index (χ0) is 13.2. The van der Waals surface area contributed by atoms with Crippen LogP contribution in [0.5, 0.6) is 0 Å². The van der Waals surface area contributed by atoms with Gasteiger partial charge in [-0.25, -0.2) is 0 Å². The van der Waals surface area contributed by atoms with Crippen LogP contribution in [0.15, 0.2) is 34.9 Å². The molecule has 0 radical (unpaired) electrons. The second-order valence-corrected chi connectivity index (χ2v) is 5.14. The molecular weight excluding hydrogens is 242 g/mol.